The normalized spacial score (nSPS) is 16.0. The van der Waals surface area contributed by atoms with Crippen LogP contribution in [0.4, 0.5) is 22.0 Å². The van der Waals surface area contributed by atoms with Crippen LogP contribution < -0.4 is 0 Å². The van der Waals surface area contributed by atoms with E-state index in [9.17, 15) is 22.0 Å². The number of halogens is 5. The predicted octanol–water partition coefficient (Wildman–Crippen LogP) is 9.61. The number of fused-ring (bicyclic) bond motifs is 2. The molecule has 230 valence electrons. The van der Waals surface area contributed by atoms with Crippen molar-refractivity contribution in [1.82, 2.24) is 14.7 Å². The zero-order chi connectivity index (χ0) is 31.6. The highest BCUT2D eigenvalue weighted by Gasteiger charge is 2.45. The number of allylic oxidation sites excluding steroid dienone is 1. The first-order valence-corrected chi connectivity index (χ1v) is 15.1. The Labute approximate surface area is 255 Å². The Balaban J connectivity index is 1.52. The Bertz CT molecular complexity index is 1750. The number of aromatic nitrogens is 2. The van der Waals surface area contributed by atoms with Crippen LogP contribution in [-0.2, 0) is 50.0 Å². The molecule has 0 N–H and O–H groups in total. The molecule has 1 aliphatic carbocycles. The monoisotopic (exact) mass is 605 g/mol. The lowest BCUT2D eigenvalue weighted by atomic mass is 9.95. The third-order valence-corrected chi connectivity index (χ3v) is 9.24. The first kappa shape index (κ1) is 30.3. The predicted molar refractivity (Wildman–Crippen MR) is 164 cm³/mol. The van der Waals surface area contributed by atoms with E-state index in [-0.39, 0.29) is 12.1 Å². The van der Waals surface area contributed by atoms with Crippen LogP contribution in [0.25, 0.3) is 23.0 Å². The molecule has 0 saturated heterocycles. The van der Waals surface area contributed by atoms with Gasteiger partial charge < -0.3 is 0 Å². The van der Waals surface area contributed by atoms with Gasteiger partial charge in [0.15, 0.2) is 0 Å². The molecule has 0 bridgehead atoms. The van der Waals surface area contributed by atoms with E-state index in [2.05, 4.69) is 67.1 Å². The number of para-hydroxylation sites is 1. The highest BCUT2D eigenvalue weighted by atomic mass is 19.4. The van der Waals surface area contributed by atoms with E-state index in [1.54, 1.807) is 0 Å². The molecule has 0 atom stereocenters. The van der Waals surface area contributed by atoms with Gasteiger partial charge >= 0.3 is 6.18 Å². The highest BCUT2D eigenvalue weighted by Crippen LogP contribution is 2.47. The van der Waals surface area contributed by atoms with E-state index in [1.165, 1.54) is 22.8 Å². The van der Waals surface area contributed by atoms with Gasteiger partial charge in [0.2, 0.25) is 0 Å². The molecule has 2 heterocycles. The smallest absolute Gasteiger partial charge is 0.284 e. The fourth-order valence-electron chi connectivity index (χ4n) is 6.76. The van der Waals surface area contributed by atoms with Gasteiger partial charge in [0.1, 0.15) is 0 Å². The molecular formula is C36H36F5N3. The lowest BCUT2D eigenvalue weighted by Gasteiger charge is -2.33. The average molecular weight is 606 g/mol. The summed E-state index contributed by atoms with van der Waals surface area (Å²) in [5.74, 6) is -3.38. The van der Waals surface area contributed by atoms with Crippen molar-refractivity contribution >= 4 is 6.08 Å². The summed E-state index contributed by atoms with van der Waals surface area (Å²) >= 11 is 0. The third kappa shape index (κ3) is 4.97. The Morgan fingerprint density at radius 3 is 2.20 bits per heavy atom. The molecule has 0 radical (unpaired) electrons. The molecule has 0 unspecified atom stereocenters. The number of benzene rings is 3. The summed E-state index contributed by atoms with van der Waals surface area (Å²) in [6, 6.07) is 15.5. The number of hydrogen-bond acceptors (Lipinski definition) is 2. The Morgan fingerprint density at radius 1 is 0.886 bits per heavy atom. The van der Waals surface area contributed by atoms with Crippen molar-refractivity contribution in [2.75, 3.05) is 0 Å². The van der Waals surface area contributed by atoms with E-state index in [4.69, 9.17) is 5.10 Å². The zero-order valence-corrected chi connectivity index (χ0v) is 25.6. The van der Waals surface area contributed by atoms with Gasteiger partial charge in [-0.15, -0.1) is 0 Å². The summed E-state index contributed by atoms with van der Waals surface area (Å²) in [6.07, 6.45) is 2.00. The third-order valence-electron chi connectivity index (χ3n) is 9.24. The van der Waals surface area contributed by atoms with E-state index >= 15 is 0 Å². The summed E-state index contributed by atoms with van der Waals surface area (Å²) in [5.41, 5.74) is 7.09. The molecule has 3 nitrogen and oxygen atoms in total. The fourth-order valence-corrected chi connectivity index (χ4v) is 6.76. The molecular weight excluding hydrogens is 569 g/mol. The maximum absolute atomic E-state index is 14.2. The van der Waals surface area contributed by atoms with Gasteiger partial charge in [0.05, 0.1) is 28.2 Å². The van der Waals surface area contributed by atoms with Crippen molar-refractivity contribution < 1.29 is 22.0 Å². The molecule has 4 aromatic rings. The maximum atomic E-state index is 14.2. The lowest BCUT2D eigenvalue weighted by Crippen LogP contribution is -2.36. The summed E-state index contributed by atoms with van der Waals surface area (Å²) in [4.78, 5) is 1.97. The van der Waals surface area contributed by atoms with Crippen LogP contribution in [0.3, 0.4) is 0 Å². The van der Waals surface area contributed by atoms with Gasteiger partial charge in [0.25, 0.3) is 5.92 Å². The Kier molecular flexibility index (Phi) is 7.35. The molecule has 1 aromatic heterocycles. The molecule has 0 spiro atoms. The fraction of sp³-hybridized carbons (Fsp3) is 0.361. The molecule has 3 aromatic carbocycles. The quantitative estimate of drug-likeness (QED) is 0.196. The topological polar surface area (TPSA) is 21.1 Å². The largest absolute Gasteiger partial charge is 0.416 e. The van der Waals surface area contributed by atoms with Crippen LogP contribution in [0, 0.1) is 0 Å². The number of nitrogens with zero attached hydrogens (tertiary/aromatic N) is 3. The van der Waals surface area contributed by atoms with Crippen molar-refractivity contribution in [1.29, 1.82) is 0 Å². The van der Waals surface area contributed by atoms with Crippen molar-refractivity contribution in [2.24, 2.45) is 0 Å². The van der Waals surface area contributed by atoms with Gasteiger partial charge in [-0.3, -0.25) is 4.90 Å². The second-order valence-corrected chi connectivity index (χ2v) is 12.4. The van der Waals surface area contributed by atoms with Crippen molar-refractivity contribution in [2.45, 2.75) is 84.6 Å². The number of hydrogen-bond donors (Lipinski definition) is 0. The lowest BCUT2D eigenvalue weighted by molar-refractivity contribution is -0.138. The number of alkyl halides is 5. The van der Waals surface area contributed by atoms with Crippen LogP contribution in [0.2, 0.25) is 0 Å². The molecule has 0 fully saturated rings. The molecule has 0 saturated carbocycles. The molecule has 0 amide bonds. The van der Waals surface area contributed by atoms with Crippen LogP contribution >= 0.6 is 0 Å². The molecule has 1 aliphatic heterocycles. The van der Waals surface area contributed by atoms with Crippen LogP contribution in [0.15, 0.2) is 60.7 Å². The zero-order valence-electron chi connectivity index (χ0n) is 25.6. The first-order valence-electron chi connectivity index (χ1n) is 15.1. The second kappa shape index (κ2) is 10.7. The van der Waals surface area contributed by atoms with Crippen LogP contribution in [0.5, 0.6) is 0 Å². The molecule has 6 rings (SSSR count). The highest BCUT2D eigenvalue weighted by molar-refractivity contribution is 5.81. The first-order chi connectivity index (χ1) is 20.8. The minimum absolute atomic E-state index is 0.0358. The van der Waals surface area contributed by atoms with Crippen molar-refractivity contribution in [3.8, 4) is 16.9 Å². The molecule has 8 heteroatoms. The van der Waals surface area contributed by atoms with E-state index < -0.39 is 28.8 Å². The van der Waals surface area contributed by atoms with E-state index in [1.807, 2.05) is 18.7 Å². The molecule has 44 heavy (non-hydrogen) atoms. The van der Waals surface area contributed by atoms with Crippen LogP contribution in [0.1, 0.15) is 84.8 Å². The Hall–Kier alpha value is -3.78. The van der Waals surface area contributed by atoms with E-state index in [0.29, 0.717) is 19.5 Å². The van der Waals surface area contributed by atoms with Crippen molar-refractivity contribution in [3.63, 3.8) is 0 Å². The summed E-state index contributed by atoms with van der Waals surface area (Å²) in [5, 5.41) is 5.27. The Morgan fingerprint density at radius 2 is 1.57 bits per heavy atom. The number of rotatable bonds is 7. The van der Waals surface area contributed by atoms with Gasteiger partial charge in [-0.2, -0.15) is 18.3 Å². The minimum Gasteiger partial charge on any atom is -0.284 e. The minimum atomic E-state index is -4.77. The standard InChI is InChI=1S/C36H36F5N3/c1-6-22-11-8-12-23(7-2)31(22)44-32(28-16-10-14-24-13-9-15-27(24)28)29-21-43(34(3,4)33(29)42-44)20-25-17-18-26(35(5,37)38)19-30(25)36(39,40)41/h8-12,14-19H,6-7,13,20-21H2,1-5H3. The van der Waals surface area contributed by atoms with Gasteiger partial charge in [-0.05, 0) is 67.0 Å². The number of aryl methyl sites for hydroxylation is 2. The summed E-state index contributed by atoms with van der Waals surface area (Å²) in [7, 11) is 0. The van der Waals surface area contributed by atoms with E-state index in [0.717, 1.165) is 59.1 Å². The van der Waals surface area contributed by atoms with Gasteiger partial charge in [-0.25, -0.2) is 13.5 Å². The molecule has 2 aliphatic rings. The van der Waals surface area contributed by atoms with Gasteiger partial charge in [0, 0.05) is 36.7 Å². The maximum Gasteiger partial charge on any atom is 0.416 e. The van der Waals surface area contributed by atoms with Crippen LogP contribution in [-0.4, -0.2) is 14.7 Å². The average Bonchev–Trinajstić information content (AvgIpc) is 3.66. The SMILES string of the molecule is CCc1cccc(CC)c1-n1nc2c(c1-c1cccc3c1C=CC3)CN(Cc1ccc(C(C)(F)F)cc1C(F)(F)F)C2(C)C. The summed E-state index contributed by atoms with van der Waals surface area (Å²) in [6.45, 7) is 9.12. The summed E-state index contributed by atoms with van der Waals surface area (Å²) < 4.78 is 72.7. The van der Waals surface area contributed by atoms with Gasteiger partial charge in [-0.1, -0.05) is 74.5 Å². The second-order valence-electron chi connectivity index (χ2n) is 12.4. The van der Waals surface area contributed by atoms with Crippen molar-refractivity contribution in [3.05, 3.63) is 111 Å².